The molecule has 4 nitrogen and oxygen atoms in total. The number of nitrogens with zero attached hydrogens (tertiary/aromatic N) is 1. The van der Waals surface area contributed by atoms with Crippen molar-refractivity contribution < 1.29 is 17.5 Å². The van der Waals surface area contributed by atoms with Gasteiger partial charge in [0.25, 0.3) is 0 Å². The van der Waals surface area contributed by atoms with Gasteiger partial charge in [0.05, 0.1) is 10.1 Å². The van der Waals surface area contributed by atoms with Gasteiger partial charge in [0.1, 0.15) is 13.1 Å². The molecule has 1 aliphatic heterocycles. The molecule has 0 aromatic rings. The topological polar surface area (TPSA) is 60.2 Å². The molecule has 0 fully saturated rings. The third-order valence-electron chi connectivity index (χ3n) is 2.53. The molecule has 0 radical (unpaired) electrons. The Morgan fingerprint density at radius 3 is 2.38 bits per heavy atom. The lowest BCUT2D eigenvalue weighted by Gasteiger charge is -1.98. The van der Waals surface area contributed by atoms with Crippen molar-refractivity contribution in [1.82, 2.24) is 0 Å². The average Bonchev–Trinajstić information content (AvgIpc) is 2.59. The quantitative estimate of drug-likeness (QED) is 0.561. The van der Waals surface area contributed by atoms with E-state index < -0.39 is 10.1 Å². The zero-order valence-electron chi connectivity index (χ0n) is 10.5. The molecule has 96 valence electrons. The first-order chi connectivity index (χ1) is 7.38. The summed E-state index contributed by atoms with van der Waals surface area (Å²) in [4.78, 5) is 0. The molecule has 0 bridgehead atoms. The molecule has 0 saturated carbocycles. The van der Waals surface area contributed by atoms with Crippen molar-refractivity contribution in [2.45, 2.75) is 46.0 Å². The van der Waals surface area contributed by atoms with E-state index in [2.05, 4.69) is 18.4 Å². The van der Waals surface area contributed by atoms with E-state index in [1.54, 1.807) is 5.71 Å². The van der Waals surface area contributed by atoms with Crippen molar-refractivity contribution in [1.29, 1.82) is 0 Å². The van der Waals surface area contributed by atoms with Crippen LogP contribution in [0.1, 0.15) is 46.0 Å². The molecule has 0 N–H and O–H groups in total. The van der Waals surface area contributed by atoms with Crippen LogP contribution in [0.4, 0.5) is 0 Å². The highest BCUT2D eigenvalue weighted by molar-refractivity contribution is 7.84. The van der Waals surface area contributed by atoms with E-state index in [1.165, 1.54) is 45.2 Å². The van der Waals surface area contributed by atoms with Crippen molar-refractivity contribution in [3.05, 3.63) is 0 Å². The minimum Gasteiger partial charge on any atom is -0.748 e. The molecule has 0 aromatic heterocycles. The molecule has 0 aliphatic carbocycles. The summed E-state index contributed by atoms with van der Waals surface area (Å²) in [6.45, 7) is 7.17. The molecule has 0 saturated heterocycles. The van der Waals surface area contributed by atoms with Gasteiger partial charge in [-0.1, -0.05) is 20.3 Å². The zero-order chi connectivity index (χ0) is 12.6. The van der Waals surface area contributed by atoms with Crippen molar-refractivity contribution in [2.24, 2.45) is 0 Å². The van der Waals surface area contributed by atoms with Crippen LogP contribution < -0.4 is 0 Å². The van der Waals surface area contributed by atoms with E-state index >= 15 is 0 Å². The molecule has 1 rings (SSSR count). The summed E-state index contributed by atoms with van der Waals surface area (Å²) in [6.07, 6.45) is 7.32. The smallest absolute Gasteiger partial charge is 0.152 e. The van der Waals surface area contributed by atoms with Gasteiger partial charge in [-0.25, -0.2) is 13.0 Å². The second-order valence-electron chi connectivity index (χ2n) is 4.07. The fourth-order valence-corrected chi connectivity index (χ4v) is 1.81. The SMILES string of the molecule is CCCC[N+]1=C(CC)CCC1.CS(=O)(=O)[O-]. The van der Waals surface area contributed by atoms with E-state index in [1.807, 2.05) is 0 Å². The number of hydrogen-bond donors (Lipinski definition) is 0. The van der Waals surface area contributed by atoms with Gasteiger partial charge in [-0.15, -0.1) is 0 Å². The van der Waals surface area contributed by atoms with Crippen LogP contribution >= 0.6 is 0 Å². The molecule has 0 amide bonds. The van der Waals surface area contributed by atoms with Crippen LogP contribution in [0.25, 0.3) is 0 Å². The van der Waals surface area contributed by atoms with Crippen molar-refractivity contribution >= 4 is 15.8 Å². The van der Waals surface area contributed by atoms with Gasteiger partial charge in [0, 0.05) is 31.9 Å². The van der Waals surface area contributed by atoms with Gasteiger partial charge in [0.2, 0.25) is 0 Å². The van der Waals surface area contributed by atoms with E-state index in [4.69, 9.17) is 13.0 Å². The summed E-state index contributed by atoms with van der Waals surface area (Å²) in [6, 6.07) is 0. The van der Waals surface area contributed by atoms with Crippen LogP contribution in [0.3, 0.4) is 0 Å². The first-order valence-corrected chi connectivity index (χ1v) is 7.70. The maximum Gasteiger partial charge on any atom is 0.152 e. The molecular formula is C11H23NO3S. The third-order valence-corrected chi connectivity index (χ3v) is 2.53. The fourth-order valence-electron chi connectivity index (χ4n) is 1.81. The molecule has 5 heteroatoms. The molecule has 0 atom stereocenters. The number of unbranched alkanes of at least 4 members (excludes halogenated alkanes) is 1. The van der Waals surface area contributed by atoms with Crippen molar-refractivity contribution in [3.63, 3.8) is 0 Å². The summed E-state index contributed by atoms with van der Waals surface area (Å²) in [5.41, 5.74) is 1.69. The summed E-state index contributed by atoms with van der Waals surface area (Å²) in [5, 5.41) is 0. The second-order valence-corrected chi connectivity index (χ2v) is 5.48. The van der Waals surface area contributed by atoms with Crippen LogP contribution in [0.2, 0.25) is 0 Å². The lowest BCUT2D eigenvalue weighted by Crippen LogP contribution is -2.15. The van der Waals surface area contributed by atoms with Crippen LogP contribution in [0.15, 0.2) is 0 Å². The van der Waals surface area contributed by atoms with E-state index in [0.717, 1.165) is 0 Å². The van der Waals surface area contributed by atoms with Crippen LogP contribution in [0, 0.1) is 0 Å². The fraction of sp³-hybridized carbons (Fsp3) is 0.909. The van der Waals surface area contributed by atoms with Gasteiger partial charge >= 0.3 is 0 Å². The van der Waals surface area contributed by atoms with E-state index in [0.29, 0.717) is 6.26 Å². The molecule has 1 aliphatic rings. The zero-order valence-corrected chi connectivity index (χ0v) is 11.3. The molecule has 1 heterocycles. The van der Waals surface area contributed by atoms with E-state index in [-0.39, 0.29) is 0 Å². The standard InChI is InChI=1S/C10H20N.CH4O3S/c1-3-5-8-11-9-6-7-10(11)4-2;1-5(2,3)4/h3-9H2,1-2H3;1H3,(H,2,3,4)/q+1;/p-1. The highest BCUT2D eigenvalue weighted by atomic mass is 32.2. The maximum atomic E-state index is 9.08. The normalized spacial score (nSPS) is 16.0. The maximum absolute atomic E-state index is 9.08. The first-order valence-electron chi connectivity index (χ1n) is 5.89. The van der Waals surface area contributed by atoms with Gasteiger partial charge in [-0.3, -0.25) is 0 Å². The van der Waals surface area contributed by atoms with Gasteiger partial charge < -0.3 is 4.55 Å². The third kappa shape index (κ3) is 8.85. The summed E-state index contributed by atoms with van der Waals surface area (Å²) in [5.74, 6) is 0. The van der Waals surface area contributed by atoms with Gasteiger partial charge in [-0.2, -0.15) is 0 Å². The predicted molar refractivity (Wildman–Crippen MR) is 65.1 cm³/mol. The first kappa shape index (κ1) is 15.6. The molecule has 16 heavy (non-hydrogen) atoms. The Morgan fingerprint density at radius 1 is 1.38 bits per heavy atom. The minimum atomic E-state index is -3.92. The molecular weight excluding hydrogens is 226 g/mol. The second kappa shape index (κ2) is 7.79. The van der Waals surface area contributed by atoms with Crippen LogP contribution in [-0.4, -0.2) is 42.6 Å². The predicted octanol–water partition coefficient (Wildman–Crippen LogP) is 1.61. The Bertz CT molecular complexity index is 312. The Hall–Kier alpha value is -0.420. The van der Waals surface area contributed by atoms with Gasteiger partial charge in [0.15, 0.2) is 5.71 Å². The summed E-state index contributed by atoms with van der Waals surface area (Å²) >= 11 is 0. The van der Waals surface area contributed by atoms with Crippen molar-refractivity contribution in [3.8, 4) is 0 Å². The lowest BCUT2D eigenvalue weighted by atomic mass is 10.2. The van der Waals surface area contributed by atoms with Gasteiger partial charge in [-0.05, 0) is 0 Å². The number of rotatable bonds is 4. The highest BCUT2D eigenvalue weighted by Crippen LogP contribution is 2.07. The Morgan fingerprint density at radius 2 is 1.94 bits per heavy atom. The molecule has 0 unspecified atom stereocenters. The van der Waals surface area contributed by atoms with Crippen LogP contribution in [-0.2, 0) is 10.1 Å². The molecule has 0 aromatic carbocycles. The largest absolute Gasteiger partial charge is 0.748 e. The van der Waals surface area contributed by atoms with Crippen LogP contribution in [0.5, 0.6) is 0 Å². The summed E-state index contributed by atoms with van der Waals surface area (Å²) < 4.78 is 29.8. The lowest BCUT2D eigenvalue weighted by molar-refractivity contribution is -0.521. The minimum absolute atomic E-state index is 0.604. The monoisotopic (exact) mass is 249 g/mol. The highest BCUT2D eigenvalue weighted by Gasteiger charge is 2.18. The molecule has 0 spiro atoms. The van der Waals surface area contributed by atoms with E-state index in [9.17, 15) is 0 Å². The number of hydrogen-bond acceptors (Lipinski definition) is 3. The summed E-state index contributed by atoms with van der Waals surface area (Å²) in [7, 11) is -3.92. The Balaban J connectivity index is 0.000000385. The average molecular weight is 249 g/mol. The Labute approximate surface area is 99.1 Å². The Kier molecular flexibility index (Phi) is 7.58. The van der Waals surface area contributed by atoms with Crippen molar-refractivity contribution in [2.75, 3.05) is 19.3 Å².